The van der Waals surface area contributed by atoms with Gasteiger partial charge in [0, 0.05) is 23.7 Å². The second-order valence-corrected chi connectivity index (χ2v) is 7.61. The number of ether oxygens (including phenoxy) is 3. The molecule has 1 N–H and O–H groups in total. The lowest BCUT2D eigenvalue weighted by atomic mass is 10.1. The molecule has 9 heteroatoms. The zero-order valence-corrected chi connectivity index (χ0v) is 17.2. The van der Waals surface area contributed by atoms with Crippen LogP contribution in [0.2, 0.25) is 0 Å². The van der Waals surface area contributed by atoms with Crippen molar-refractivity contribution in [2.75, 3.05) is 27.5 Å². The third kappa shape index (κ3) is 3.79. The standard InChI is InChI=1S/C22H22N4O5/c1-26-11-15(23-21(27)13-3-6-16(28-2)7-4-13)10-17(26)22-24-20(25-31-22)14-5-8-18-19(9-14)30-12-29-18/h3-9,15,17H,10-12H2,1-2H3,(H,23,27). The molecule has 0 radical (unpaired) electrons. The van der Waals surface area contributed by atoms with E-state index in [4.69, 9.17) is 18.7 Å². The molecule has 160 valence electrons. The van der Waals surface area contributed by atoms with Crippen LogP contribution in [0.25, 0.3) is 11.4 Å². The number of likely N-dealkylation sites (N-methyl/N-ethyl adjacent to an activating group) is 1. The monoisotopic (exact) mass is 422 g/mol. The van der Waals surface area contributed by atoms with E-state index in [0.29, 0.717) is 47.5 Å². The third-order valence-corrected chi connectivity index (χ3v) is 5.59. The molecule has 0 aliphatic carbocycles. The predicted molar refractivity (Wildman–Crippen MR) is 110 cm³/mol. The Bertz CT molecular complexity index is 1100. The van der Waals surface area contributed by atoms with Crippen LogP contribution in [0.15, 0.2) is 47.0 Å². The number of carbonyl (C=O) groups excluding carboxylic acids is 1. The molecule has 0 bridgehead atoms. The maximum atomic E-state index is 12.6. The molecule has 0 spiro atoms. The van der Waals surface area contributed by atoms with Crippen LogP contribution >= 0.6 is 0 Å². The van der Waals surface area contributed by atoms with Crippen LogP contribution in [0.3, 0.4) is 0 Å². The molecular weight excluding hydrogens is 400 g/mol. The number of rotatable bonds is 5. The molecule has 1 fully saturated rings. The first-order chi connectivity index (χ1) is 15.1. The molecule has 0 saturated carbocycles. The average Bonchev–Trinajstić information content (AvgIpc) is 3.52. The highest BCUT2D eigenvalue weighted by atomic mass is 16.7. The molecule has 31 heavy (non-hydrogen) atoms. The fourth-order valence-corrected chi connectivity index (χ4v) is 3.93. The number of amides is 1. The molecule has 2 aliphatic rings. The van der Waals surface area contributed by atoms with Crippen molar-refractivity contribution in [1.82, 2.24) is 20.4 Å². The van der Waals surface area contributed by atoms with Crippen molar-refractivity contribution in [3.05, 3.63) is 53.9 Å². The van der Waals surface area contributed by atoms with E-state index in [1.807, 2.05) is 25.2 Å². The number of nitrogens with one attached hydrogen (secondary N) is 1. The molecule has 2 unspecified atom stereocenters. The summed E-state index contributed by atoms with van der Waals surface area (Å²) in [6.07, 6.45) is 0.682. The number of methoxy groups -OCH3 is 1. The summed E-state index contributed by atoms with van der Waals surface area (Å²) in [6.45, 7) is 0.904. The van der Waals surface area contributed by atoms with Crippen molar-refractivity contribution >= 4 is 5.91 Å². The lowest BCUT2D eigenvalue weighted by Crippen LogP contribution is -2.36. The third-order valence-electron chi connectivity index (χ3n) is 5.59. The zero-order chi connectivity index (χ0) is 21.4. The van der Waals surface area contributed by atoms with E-state index in [1.54, 1.807) is 31.4 Å². The van der Waals surface area contributed by atoms with Crippen LogP contribution in [-0.4, -0.2) is 54.5 Å². The largest absolute Gasteiger partial charge is 0.497 e. The van der Waals surface area contributed by atoms with Gasteiger partial charge in [-0.15, -0.1) is 0 Å². The summed E-state index contributed by atoms with van der Waals surface area (Å²) in [7, 11) is 3.58. The summed E-state index contributed by atoms with van der Waals surface area (Å²) in [4.78, 5) is 19.3. The average molecular weight is 422 g/mol. The number of benzene rings is 2. The lowest BCUT2D eigenvalue weighted by molar-refractivity contribution is 0.0938. The van der Waals surface area contributed by atoms with Crippen LogP contribution in [0.4, 0.5) is 0 Å². The lowest BCUT2D eigenvalue weighted by Gasteiger charge is -2.14. The Morgan fingerprint density at radius 2 is 1.97 bits per heavy atom. The summed E-state index contributed by atoms with van der Waals surface area (Å²) in [5.74, 6) is 2.99. The predicted octanol–water partition coefficient (Wildman–Crippen LogP) is 2.65. The van der Waals surface area contributed by atoms with Gasteiger partial charge in [0.2, 0.25) is 18.5 Å². The molecule has 1 saturated heterocycles. The van der Waals surface area contributed by atoms with E-state index in [-0.39, 0.29) is 24.8 Å². The number of likely N-dealkylation sites (tertiary alicyclic amines) is 1. The van der Waals surface area contributed by atoms with Crippen molar-refractivity contribution in [3.63, 3.8) is 0 Å². The SMILES string of the molecule is COc1ccc(C(=O)NC2CC(c3nc(-c4ccc5c(c4)OCO5)no3)N(C)C2)cc1. The number of nitrogens with zero attached hydrogens (tertiary/aromatic N) is 3. The van der Waals surface area contributed by atoms with E-state index in [2.05, 4.69) is 20.4 Å². The van der Waals surface area contributed by atoms with Crippen LogP contribution in [0.5, 0.6) is 17.2 Å². The summed E-state index contributed by atoms with van der Waals surface area (Å²) in [5.41, 5.74) is 1.39. The van der Waals surface area contributed by atoms with Gasteiger partial charge in [-0.3, -0.25) is 9.69 Å². The summed E-state index contributed by atoms with van der Waals surface area (Å²) in [6, 6.07) is 12.5. The first-order valence-corrected chi connectivity index (χ1v) is 9.99. The summed E-state index contributed by atoms with van der Waals surface area (Å²) < 4.78 is 21.5. The van der Waals surface area contributed by atoms with Gasteiger partial charge in [-0.2, -0.15) is 4.98 Å². The van der Waals surface area contributed by atoms with Gasteiger partial charge in [0.05, 0.1) is 13.2 Å². The normalized spacial score (nSPS) is 20.1. The Hall–Kier alpha value is -3.59. The van der Waals surface area contributed by atoms with Crippen LogP contribution in [0, 0.1) is 0 Å². The highest BCUT2D eigenvalue weighted by molar-refractivity contribution is 5.94. The molecule has 2 aliphatic heterocycles. The Morgan fingerprint density at radius 1 is 1.16 bits per heavy atom. The van der Waals surface area contributed by atoms with Gasteiger partial charge in [-0.25, -0.2) is 0 Å². The minimum Gasteiger partial charge on any atom is -0.497 e. The van der Waals surface area contributed by atoms with Crippen molar-refractivity contribution < 1.29 is 23.5 Å². The first kappa shape index (κ1) is 19.4. The molecule has 1 aromatic heterocycles. The molecular formula is C22H22N4O5. The van der Waals surface area contributed by atoms with E-state index in [1.165, 1.54) is 0 Å². The number of fused-ring (bicyclic) bond motifs is 1. The highest BCUT2D eigenvalue weighted by Crippen LogP contribution is 2.36. The van der Waals surface area contributed by atoms with Gasteiger partial charge in [-0.05, 0) is 55.9 Å². The zero-order valence-electron chi connectivity index (χ0n) is 17.2. The smallest absolute Gasteiger partial charge is 0.251 e. The minimum atomic E-state index is -0.117. The number of hydrogen-bond donors (Lipinski definition) is 1. The van der Waals surface area contributed by atoms with Crippen LogP contribution < -0.4 is 19.5 Å². The summed E-state index contributed by atoms with van der Waals surface area (Å²) >= 11 is 0. The van der Waals surface area contributed by atoms with E-state index in [9.17, 15) is 4.79 Å². The van der Waals surface area contributed by atoms with Crippen LogP contribution in [0.1, 0.15) is 28.7 Å². The highest BCUT2D eigenvalue weighted by Gasteiger charge is 2.35. The molecule has 2 atom stereocenters. The molecule has 9 nitrogen and oxygen atoms in total. The van der Waals surface area contributed by atoms with Gasteiger partial charge < -0.3 is 24.1 Å². The number of carbonyl (C=O) groups is 1. The van der Waals surface area contributed by atoms with Crippen molar-refractivity contribution in [2.45, 2.75) is 18.5 Å². The van der Waals surface area contributed by atoms with E-state index >= 15 is 0 Å². The van der Waals surface area contributed by atoms with Gasteiger partial charge >= 0.3 is 0 Å². The Kier molecular flexibility index (Phi) is 4.95. The topological polar surface area (TPSA) is 99.0 Å². The van der Waals surface area contributed by atoms with Gasteiger partial charge in [0.1, 0.15) is 5.75 Å². The maximum Gasteiger partial charge on any atom is 0.251 e. The van der Waals surface area contributed by atoms with Gasteiger partial charge in [0.15, 0.2) is 11.5 Å². The molecule has 3 heterocycles. The van der Waals surface area contributed by atoms with Crippen molar-refractivity contribution in [2.24, 2.45) is 0 Å². The van der Waals surface area contributed by atoms with E-state index < -0.39 is 0 Å². The van der Waals surface area contributed by atoms with E-state index in [0.717, 1.165) is 5.56 Å². The molecule has 3 aromatic rings. The molecule has 2 aromatic carbocycles. The van der Waals surface area contributed by atoms with Gasteiger partial charge in [-0.1, -0.05) is 5.16 Å². The maximum absolute atomic E-state index is 12.6. The van der Waals surface area contributed by atoms with Crippen LogP contribution in [-0.2, 0) is 0 Å². The molecule has 1 amide bonds. The number of hydrogen-bond acceptors (Lipinski definition) is 8. The minimum absolute atomic E-state index is 0.0227. The first-order valence-electron chi connectivity index (χ1n) is 9.99. The fraction of sp³-hybridized carbons (Fsp3) is 0.318. The van der Waals surface area contributed by atoms with Crippen molar-refractivity contribution in [3.8, 4) is 28.6 Å². The Balaban J connectivity index is 1.26. The fourth-order valence-electron chi connectivity index (χ4n) is 3.93. The number of aromatic nitrogens is 2. The summed E-state index contributed by atoms with van der Waals surface area (Å²) in [5, 5.41) is 7.22. The molecule has 5 rings (SSSR count). The van der Waals surface area contributed by atoms with Gasteiger partial charge in [0.25, 0.3) is 5.91 Å². The Labute approximate surface area is 178 Å². The second-order valence-electron chi connectivity index (χ2n) is 7.61. The quantitative estimate of drug-likeness (QED) is 0.670. The Morgan fingerprint density at radius 3 is 2.77 bits per heavy atom. The second kappa shape index (κ2) is 7.92. The van der Waals surface area contributed by atoms with Crippen molar-refractivity contribution in [1.29, 1.82) is 0 Å².